The van der Waals surface area contributed by atoms with Crippen LogP contribution in [0.1, 0.15) is 24.6 Å². The van der Waals surface area contributed by atoms with Gasteiger partial charge in [-0.25, -0.2) is 9.78 Å². The van der Waals surface area contributed by atoms with Crippen molar-refractivity contribution in [3.63, 3.8) is 0 Å². The molecule has 0 bridgehead atoms. The summed E-state index contributed by atoms with van der Waals surface area (Å²) in [5.74, 6) is 1.35. The molecular formula is C16H18N2O3. The van der Waals surface area contributed by atoms with Gasteiger partial charge in [0.25, 0.3) is 0 Å². The number of aromatic nitrogens is 2. The predicted octanol–water partition coefficient (Wildman–Crippen LogP) is 2.61. The highest BCUT2D eigenvalue weighted by Crippen LogP contribution is 2.33. The van der Waals surface area contributed by atoms with E-state index in [-0.39, 0.29) is 12.0 Å². The summed E-state index contributed by atoms with van der Waals surface area (Å²) in [6.07, 6.45) is 4.55. The van der Waals surface area contributed by atoms with Crippen molar-refractivity contribution in [2.45, 2.75) is 25.3 Å². The van der Waals surface area contributed by atoms with Crippen LogP contribution in [0.3, 0.4) is 0 Å². The van der Waals surface area contributed by atoms with Gasteiger partial charge < -0.3 is 14.0 Å². The van der Waals surface area contributed by atoms with Crippen LogP contribution in [0, 0.1) is 0 Å². The Morgan fingerprint density at radius 3 is 3.00 bits per heavy atom. The molecule has 1 aliphatic rings. The minimum absolute atomic E-state index is 0.210. The number of benzene rings is 1. The van der Waals surface area contributed by atoms with Gasteiger partial charge in [-0.3, -0.25) is 0 Å². The van der Waals surface area contributed by atoms with Crippen molar-refractivity contribution in [3.8, 4) is 17.1 Å². The van der Waals surface area contributed by atoms with Crippen molar-refractivity contribution >= 4 is 5.97 Å². The Balaban J connectivity index is 2.08. The molecule has 5 heteroatoms. The molecule has 3 rings (SSSR count). The Bertz CT molecular complexity index is 663. The maximum absolute atomic E-state index is 12.0. The first-order valence-electron chi connectivity index (χ1n) is 7.03. The second-order valence-electron chi connectivity index (χ2n) is 5.11. The summed E-state index contributed by atoms with van der Waals surface area (Å²) in [7, 11) is 3.07. The first-order valence-corrected chi connectivity index (χ1v) is 7.03. The van der Waals surface area contributed by atoms with Gasteiger partial charge in [-0.15, -0.1) is 0 Å². The lowest BCUT2D eigenvalue weighted by Crippen LogP contribution is -2.26. The van der Waals surface area contributed by atoms with Crippen LogP contribution < -0.4 is 4.74 Å². The number of nitrogens with zero attached hydrogens (tertiary/aromatic N) is 2. The van der Waals surface area contributed by atoms with Gasteiger partial charge in [0.15, 0.2) is 0 Å². The van der Waals surface area contributed by atoms with E-state index in [4.69, 9.17) is 9.47 Å². The summed E-state index contributed by atoms with van der Waals surface area (Å²) < 4.78 is 12.2. The molecule has 0 radical (unpaired) electrons. The van der Waals surface area contributed by atoms with Gasteiger partial charge in [0.2, 0.25) is 0 Å². The molecule has 2 heterocycles. The number of methoxy groups -OCH3 is 2. The van der Waals surface area contributed by atoms with E-state index in [1.165, 1.54) is 7.11 Å². The second-order valence-corrected chi connectivity index (χ2v) is 5.11. The van der Waals surface area contributed by atoms with Crippen LogP contribution >= 0.6 is 0 Å². The number of hydrogen-bond donors (Lipinski definition) is 0. The van der Waals surface area contributed by atoms with Crippen molar-refractivity contribution in [1.82, 2.24) is 9.55 Å². The second kappa shape index (κ2) is 5.60. The molecule has 0 aliphatic carbocycles. The first kappa shape index (κ1) is 13.7. The fourth-order valence-electron chi connectivity index (χ4n) is 2.87. The Kier molecular flexibility index (Phi) is 3.64. The third kappa shape index (κ3) is 2.39. The summed E-state index contributed by atoms with van der Waals surface area (Å²) in [5, 5.41) is 0. The molecule has 0 N–H and O–H groups in total. The fourth-order valence-corrected chi connectivity index (χ4v) is 2.87. The number of aryl methyl sites for hydroxylation is 1. The number of carbonyl (C=O) groups excluding carboxylic acids is 1. The largest absolute Gasteiger partial charge is 0.497 e. The molecule has 110 valence electrons. The molecule has 21 heavy (non-hydrogen) atoms. The zero-order valence-electron chi connectivity index (χ0n) is 12.2. The maximum atomic E-state index is 12.0. The normalized spacial score (nSPS) is 17.1. The number of hydrogen-bond acceptors (Lipinski definition) is 4. The Hall–Kier alpha value is -2.30. The summed E-state index contributed by atoms with van der Waals surface area (Å²) in [6, 6.07) is 7.43. The van der Waals surface area contributed by atoms with Gasteiger partial charge in [0.05, 0.1) is 14.2 Å². The zero-order chi connectivity index (χ0) is 14.8. The van der Waals surface area contributed by atoms with Crippen molar-refractivity contribution in [2.75, 3.05) is 14.2 Å². The lowest BCUT2D eigenvalue weighted by molar-refractivity contribution is -0.145. The van der Waals surface area contributed by atoms with Crippen LogP contribution in [0.25, 0.3) is 11.4 Å². The van der Waals surface area contributed by atoms with Crippen LogP contribution in [0.15, 0.2) is 30.5 Å². The van der Waals surface area contributed by atoms with Crippen LogP contribution in [0.2, 0.25) is 0 Å². The number of fused-ring (bicyclic) bond motifs is 1. The molecule has 1 atom stereocenters. The van der Waals surface area contributed by atoms with Gasteiger partial charge in [0, 0.05) is 17.5 Å². The van der Waals surface area contributed by atoms with Gasteiger partial charge in [0.1, 0.15) is 17.6 Å². The quantitative estimate of drug-likeness (QED) is 0.814. The van der Waals surface area contributed by atoms with E-state index < -0.39 is 0 Å². The van der Waals surface area contributed by atoms with E-state index in [0.29, 0.717) is 0 Å². The molecule has 1 aromatic heterocycles. The Labute approximate surface area is 123 Å². The Morgan fingerprint density at radius 1 is 1.38 bits per heavy atom. The summed E-state index contributed by atoms with van der Waals surface area (Å²) >= 11 is 0. The van der Waals surface area contributed by atoms with Crippen LogP contribution in [0.4, 0.5) is 0 Å². The van der Waals surface area contributed by atoms with E-state index in [0.717, 1.165) is 42.1 Å². The van der Waals surface area contributed by atoms with Gasteiger partial charge in [-0.1, -0.05) is 12.1 Å². The maximum Gasteiger partial charge on any atom is 0.328 e. The predicted molar refractivity (Wildman–Crippen MR) is 78.2 cm³/mol. The van der Waals surface area contributed by atoms with E-state index in [1.807, 2.05) is 35.0 Å². The third-order valence-corrected chi connectivity index (χ3v) is 3.90. The van der Waals surface area contributed by atoms with E-state index in [2.05, 4.69) is 4.98 Å². The molecule has 1 aromatic carbocycles. The molecule has 0 fully saturated rings. The first-order chi connectivity index (χ1) is 10.2. The fraction of sp³-hybridized carbons (Fsp3) is 0.375. The number of carbonyl (C=O) groups is 1. The molecule has 2 aromatic rings. The highest BCUT2D eigenvalue weighted by atomic mass is 16.5. The van der Waals surface area contributed by atoms with Crippen LogP contribution in [0.5, 0.6) is 5.75 Å². The average Bonchev–Trinajstić information content (AvgIpc) is 2.98. The van der Waals surface area contributed by atoms with E-state index >= 15 is 0 Å². The molecule has 0 saturated carbocycles. The number of ether oxygens (including phenoxy) is 2. The average molecular weight is 286 g/mol. The van der Waals surface area contributed by atoms with Gasteiger partial charge in [-0.2, -0.15) is 0 Å². The SMILES string of the molecule is COC(=O)C1CCCc2cnc(-c3cccc(OC)c3)n21. The standard InChI is InChI=1S/C16H18N2O3/c1-20-13-7-3-5-11(9-13)15-17-10-12-6-4-8-14(18(12)15)16(19)21-2/h3,5,7,9-10,14H,4,6,8H2,1-2H3. The molecule has 1 unspecified atom stereocenters. The van der Waals surface area contributed by atoms with Crippen molar-refractivity contribution in [3.05, 3.63) is 36.2 Å². The summed E-state index contributed by atoms with van der Waals surface area (Å²) in [5.41, 5.74) is 2.02. The summed E-state index contributed by atoms with van der Waals surface area (Å²) in [6.45, 7) is 0. The molecule has 0 amide bonds. The van der Waals surface area contributed by atoms with Crippen molar-refractivity contribution in [1.29, 1.82) is 0 Å². The molecule has 5 nitrogen and oxygen atoms in total. The van der Waals surface area contributed by atoms with Gasteiger partial charge >= 0.3 is 5.97 Å². The lowest BCUT2D eigenvalue weighted by Gasteiger charge is -2.25. The topological polar surface area (TPSA) is 53.4 Å². The van der Waals surface area contributed by atoms with Crippen molar-refractivity contribution in [2.24, 2.45) is 0 Å². The number of rotatable bonds is 3. The smallest absolute Gasteiger partial charge is 0.328 e. The zero-order valence-corrected chi connectivity index (χ0v) is 12.2. The Morgan fingerprint density at radius 2 is 2.24 bits per heavy atom. The minimum Gasteiger partial charge on any atom is -0.497 e. The monoisotopic (exact) mass is 286 g/mol. The molecule has 0 saturated heterocycles. The van der Waals surface area contributed by atoms with Crippen LogP contribution in [-0.2, 0) is 16.0 Å². The van der Waals surface area contributed by atoms with Gasteiger partial charge in [-0.05, 0) is 31.4 Å². The highest BCUT2D eigenvalue weighted by molar-refractivity contribution is 5.76. The molecular weight excluding hydrogens is 268 g/mol. The molecule has 0 spiro atoms. The van der Waals surface area contributed by atoms with E-state index in [9.17, 15) is 4.79 Å². The van der Waals surface area contributed by atoms with Crippen molar-refractivity contribution < 1.29 is 14.3 Å². The molecule has 1 aliphatic heterocycles. The number of esters is 1. The third-order valence-electron chi connectivity index (χ3n) is 3.90. The van der Waals surface area contributed by atoms with Crippen LogP contribution in [-0.4, -0.2) is 29.7 Å². The summed E-state index contributed by atoms with van der Waals surface area (Å²) in [4.78, 5) is 16.5. The lowest BCUT2D eigenvalue weighted by atomic mass is 10.0. The van der Waals surface area contributed by atoms with E-state index in [1.54, 1.807) is 7.11 Å². The number of imidazole rings is 1. The highest BCUT2D eigenvalue weighted by Gasteiger charge is 2.29. The minimum atomic E-state index is -0.289.